The summed E-state index contributed by atoms with van der Waals surface area (Å²) in [6.45, 7) is 2.99. The average molecular weight is 368 g/mol. The maximum absolute atomic E-state index is 13.5. The van der Waals surface area contributed by atoms with Crippen LogP contribution in [0.1, 0.15) is 37.7 Å². The second kappa shape index (κ2) is 7.41. The van der Waals surface area contributed by atoms with Crippen LogP contribution in [0, 0.1) is 18.7 Å². The van der Waals surface area contributed by atoms with Crippen molar-refractivity contribution in [1.82, 2.24) is 9.21 Å². The third kappa shape index (κ3) is 3.87. The van der Waals surface area contributed by atoms with E-state index >= 15 is 0 Å². The van der Waals surface area contributed by atoms with Crippen LogP contribution < -0.4 is 0 Å². The van der Waals surface area contributed by atoms with Crippen molar-refractivity contribution in [3.63, 3.8) is 0 Å². The van der Waals surface area contributed by atoms with Crippen LogP contribution in [0.4, 0.5) is 4.39 Å². The molecule has 1 aromatic rings. The molecule has 138 valence electrons. The lowest BCUT2D eigenvalue weighted by molar-refractivity contribution is -0.137. The molecule has 25 heavy (non-hydrogen) atoms. The summed E-state index contributed by atoms with van der Waals surface area (Å²) in [7, 11) is -3.73. The molecule has 1 saturated carbocycles. The molecular weight excluding hydrogens is 343 g/mol. The molecule has 0 atom stereocenters. The Bertz CT molecular complexity index is 737. The van der Waals surface area contributed by atoms with Crippen LogP contribution in [0.25, 0.3) is 0 Å². The number of carbonyl (C=O) groups is 1. The van der Waals surface area contributed by atoms with Crippen molar-refractivity contribution in [2.45, 2.75) is 43.9 Å². The van der Waals surface area contributed by atoms with Crippen LogP contribution in [-0.2, 0) is 14.8 Å². The maximum atomic E-state index is 13.5. The number of benzene rings is 1. The minimum atomic E-state index is -3.73. The summed E-state index contributed by atoms with van der Waals surface area (Å²) in [5.41, 5.74) is 0.530. The molecule has 0 unspecified atom stereocenters. The van der Waals surface area contributed by atoms with E-state index in [4.69, 9.17) is 0 Å². The van der Waals surface area contributed by atoms with Gasteiger partial charge in [0.05, 0.1) is 4.90 Å². The summed E-state index contributed by atoms with van der Waals surface area (Å²) in [5.74, 6) is -0.295. The van der Waals surface area contributed by atoms with E-state index in [0.29, 0.717) is 18.7 Å². The van der Waals surface area contributed by atoms with Gasteiger partial charge in [0.2, 0.25) is 15.9 Å². The van der Waals surface area contributed by atoms with Crippen molar-refractivity contribution < 1.29 is 17.6 Å². The fourth-order valence-electron chi connectivity index (χ4n) is 3.75. The zero-order chi connectivity index (χ0) is 18.0. The molecule has 1 aliphatic carbocycles. The number of carbonyl (C=O) groups excluding carboxylic acids is 1. The molecule has 2 aliphatic rings. The highest BCUT2D eigenvalue weighted by molar-refractivity contribution is 7.89. The first-order chi connectivity index (χ1) is 11.9. The molecule has 0 spiro atoms. The number of rotatable bonds is 3. The van der Waals surface area contributed by atoms with Gasteiger partial charge in [0, 0.05) is 32.1 Å². The van der Waals surface area contributed by atoms with Crippen molar-refractivity contribution in [2.24, 2.45) is 5.92 Å². The largest absolute Gasteiger partial charge is 0.340 e. The number of nitrogens with zero attached hydrogens (tertiary/aromatic N) is 2. The van der Waals surface area contributed by atoms with Crippen LogP contribution >= 0.6 is 0 Å². The van der Waals surface area contributed by atoms with Gasteiger partial charge in [-0.05, 0) is 37.5 Å². The molecule has 7 heteroatoms. The Labute approximate surface area is 148 Å². The molecule has 0 aromatic heterocycles. The van der Waals surface area contributed by atoms with Gasteiger partial charge in [0.25, 0.3) is 0 Å². The van der Waals surface area contributed by atoms with E-state index in [1.54, 1.807) is 11.8 Å². The lowest BCUT2D eigenvalue weighted by Crippen LogP contribution is -2.52. The Hall–Kier alpha value is -1.47. The normalized spacial score (nSPS) is 20.6. The standard InChI is InChI=1S/C18H25FN2O3S/c1-14-7-8-16(19)13-17(14)25(23,24)21-11-9-20(10-12-21)18(22)15-5-3-2-4-6-15/h7-8,13,15H,2-6,9-12H2,1H3. The quantitative estimate of drug-likeness (QED) is 0.824. The molecule has 0 radical (unpaired) electrons. The summed E-state index contributed by atoms with van der Waals surface area (Å²) < 4.78 is 40.4. The van der Waals surface area contributed by atoms with Crippen LogP contribution in [0.2, 0.25) is 0 Å². The number of hydrogen-bond donors (Lipinski definition) is 0. The molecule has 2 fully saturated rings. The van der Waals surface area contributed by atoms with E-state index in [1.807, 2.05) is 0 Å². The molecule has 1 aliphatic heterocycles. The van der Waals surface area contributed by atoms with Crippen molar-refractivity contribution in [3.05, 3.63) is 29.6 Å². The number of piperazine rings is 1. The zero-order valence-electron chi connectivity index (χ0n) is 14.6. The first-order valence-corrected chi connectivity index (χ1v) is 10.4. The second-order valence-corrected chi connectivity index (χ2v) is 8.88. The summed E-state index contributed by atoms with van der Waals surface area (Å²) >= 11 is 0. The van der Waals surface area contributed by atoms with E-state index in [1.165, 1.54) is 22.9 Å². The van der Waals surface area contributed by atoms with Gasteiger partial charge in [-0.25, -0.2) is 12.8 Å². The van der Waals surface area contributed by atoms with Gasteiger partial charge in [0.1, 0.15) is 5.82 Å². The fourth-order valence-corrected chi connectivity index (χ4v) is 5.41. The Morgan fingerprint density at radius 2 is 1.72 bits per heavy atom. The van der Waals surface area contributed by atoms with Gasteiger partial charge in [0.15, 0.2) is 0 Å². The Morgan fingerprint density at radius 1 is 1.08 bits per heavy atom. The third-order valence-corrected chi connectivity index (χ3v) is 7.31. The van der Waals surface area contributed by atoms with Crippen LogP contribution in [0.5, 0.6) is 0 Å². The van der Waals surface area contributed by atoms with Gasteiger partial charge in [-0.2, -0.15) is 4.31 Å². The summed E-state index contributed by atoms with van der Waals surface area (Å²) in [6.07, 6.45) is 5.29. The molecule has 1 aromatic carbocycles. The first kappa shape index (κ1) is 18.3. The molecular formula is C18H25FN2O3S. The minimum Gasteiger partial charge on any atom is -0.340 e. The molecule has 1 amide bonds. The summed E-state index contributed by atoms with van der Waals surface area (Å²) in [4.78, 5) is 14.4. The van der Waals surface area contributed by atoms with E-state index in [2.05, 4.69) is 0 Å². The van der Waals surface area contributed by atoms with E-state index in [-0.39, 0.29) is 29.8 Å². The summed E-state index contributed by atoms with van der Waals surface area (Å²) in [5, 5.41) is 0. The molecule has 5 nitrogen and oxygen atoms in total. The average Bonchev–Trinajstić information content (AvgIpc) is 2.64. The van der Waals surface area contributed by atoms with Crippen molar-refractivity contribution in [1.29, 1.82) is 0 Å². The highest BCUT2D eigenvalue weighted by atomic mass is 32.2. The number of hydrogen-bond acceptors (Lipinski definition) is 3. The Balaban J connectivity index is 1.67. The van der Waals surface area contributed by atoms with Gasteiger partial charge >= 0.3 is 0 Å². The predicted octanol–water partition coefficient (Wildman–Crippen LogP) is 2.55. The molecule has 0 bridgehead atoms. The summed E-state index contributed by atoms with van der Waals surface area (Å²) in [6, 6.07) is 3.81. The topological polar surface area (TPSA) is 57.7 Å². The highest BCUT2D eigenvalue weighted by Crippen LogP contribution is 2.27. The Kier molecular flexibility index (Phi) is 5.43. The smallest absolute Gasteiger partial charge is 0.243 e. The van der Waals surface area contributed by atoms with Gasteiger partial charge < -0.3 is 4.90 Å². The van der Waals surface area contributed by atoms with Gasteiger partial charge in [-0.3, -0.25) is 4.79 Å². The number of halogens is 1. The van der Waals surface area contributed by atoms with Crippen molar-refractivity contribution >= 4 is 15.9 Å². The molecule has 1 saturated heterocycles. The van der Waals surface area contributed by atoms with Crippen LogP contribution in [-0.4, -0.2) is 49.7 Å². The van der Waals surface area contributed by atoms with Crippen LogP contribution in [0.3, 0.4) is 0 Å². The van der Waals surface area contributed by atoms with Crippen LogP contribution in [0.15, 0.2) is 23.1 Å². The molecule has 1 heterocycles. The van der Waals surface area contributed by atoms with E-state index in [0.717, 1.165) is 31.7 Å². The monoisotopic (exact) mass is 368 g/mol. The second-order valence-electron chi connectivity index (χ2n) is 6.97. The molecule has 0 N–H and O–H groups in total. The van der Waals surface area contributed by atoms with E-state index < -0.39 is 15.8 Å². The van der Waals surface area contributed by atoms with E-state index in [9.17, 15) is 17.6 Å². The first-order valence-electron chi connectivity index (χ1n) is 8.94. The number of sulfonamides is 1. The predicted molar refractivity (Wildman–Crippen MR) is 93.1 cm³/mol. The van der Waals surface area contributed by atoms with Crippen molar-refractivity contribution in [3.8, 4) is 0 Å². The third-order valence-electron chi connectivity index (χ3n) is 5.27. The maximum Gasteiger partial charge on any atom is 0.243 e. The Morgan fingerprint density at radius 3 is 2.36 bits per heavy atom. The minimum absolute atomic E-state index is 0.0135. The molecule has 3 rings (SSSR count). The highest BCUT2D eigenvalue weighted by Gasteiger charge is 2.33. The zero-order valence-corrected chi connectivity index (χ0v) is 15.4. The lowest BCUT2D eigenvalue weighted by Gasteiger charge is -2.36. The lowest BCUT2D eigenvalue weighted by atomic mass is 9.88. The SMILES string of the molecule is Cc1ccc(F)cc1S(=O)(=O)N1CCN(C(=O)C2CCCCC2)CC1. The fraction of sp³-hybridized carbons (Fsp3) is 0.611. The van der Waals surface area contributed by atoms with Gasteiger partial charge in [-0.1, -0.05) is 25.3 Å². The number of aryl methyl sites for hydroxylation is 1. The van der Waals surface area contributed by atoms with Gasteiger partial charge in [-0.15, -0.1) is 0 Å². The van der Waals surface area contributed by atoms with Crippen molar-refractivity contribution in [2.75, 3.05) is 26.2 Å². The number of amides is 1.